The van der Waals surface area contributed by atoms with Gasteiger partial charge in [-0.15, -0.1) is 0 Å². The molecular formula is C13H12BrFN2O. The molecule has 2 rings (SSSR count). The number of amides is 1. The Hall–Kier alpha value is -1.41. The van der Waals surface area contributed by atoms with E-state index in [-0.39, 0.29) is 17.4 Å². The van der Waals surface area contributed by atoms with Crippen LogP contribution in [0.25, 0.3) is 0 Å². The first-order valence-corrected chi connectivity index (χ1v) is 6.55. The van der Waals surface area contributed by atoms with E-state index in [9.17, 15) is 9.18 Å². The Morgan fingerprint density at radius 1 is 1.44 bits per heavy atom. The molecule has 0 saturated carbocycles. The minimum absolute atomic E-state index is 0.0152. The molecule has 5 heteroatoms. The number of piperidine rings is 1. The monoisotopic (exact) mass is 310 g/mol. The van der Waals surface area contributed by atoms with Crippen LogP contribution < -0.4 is 0 Å². The maximum Gasteiger partial charge on any atom is 0.256 e. The molecule has 0 atom stereocenters. The third-order valence-electron chi connectivity index (χ3n) is 3.15. The van der Waals surface area contributed by atoms with Crippen LogP contribution in [-0.2, 0) is 0 Å². The van der Waals surface area contributed by atoms with Crippen LogP contribution in [0.5, 0.6) is 0 Å². The summed E-state index contributed by atoms with van der Waals surface area (Å²) in [5.41, 5.74) is 0.0831. The molecule has 0 spiro atoms. The number of halogens is 2. The van der Waals surface area contributed by atoms with Crippen LogP contribution in [0.2, 0.25) is 0 Å². The summed E-state index contributed by atoms with van der Waals surface area (Å²) in [6.45, 7) is 1.03. The third-order valence-corrected chi connectivity index (χ3v) is 3.76. The van der Waals surface area contributed by atoms with Gasteiger partial charge in [-0.2, -0.15) is 5.26 Å². The zero-order valence-corrected chi connectivity index (χ0v) is 11.3. The lowest BCUT2D eigenvalue weighted by Crippen LogP contribution is -2.38. The Morgan fingerprint density at radius 3 is 2.72 bits per heavy atom. The molecule has 3 nitrogen and oxygen atoms in total. The van der Waals surface area contributed by atoms with Crippen LogP contribution >= 0.6 is 15.9 Å². The molecule has 0 aliphatic carbocycles. The van der Waals surface area contributed by atoms with E-state index in [4.69, 9.17) is 5.26 Å². The van der Waals surface area contributed by atoms with Crippen molar-refractivity contribution >= 4 is 21.8 Å². The van der Waals surface area contributed by atoms with Gasteiger partial charge in [-0.25, -0.2) is 4.39 Å². The molecule has 1 aromatic carbocycles. The molecule has 94 valence electrons. The summed E-state index contributed by atoms with van der Waals surface area (Å²) < 4.78 is 14.1. The number of likely N-dealkylation sites (tertiary alicyclic amines) is 1. The highest BCUT2D eigenvalue weighted by Gasteiger charge is 2.25. The Bertz CT molecular complexity index is 504. The second-order valence-corrected chi connectivity index (χ2v) is 5.15. The Kier molecular flexibility index (Phi) is 3.97. The van der Waals surface area contributed by atoms with Crippen LogP contribution in [0, 0.1) is 23.1 Å². The SMILES string of the molecule is N#CC1CCN(C(=O)c2cccc(Br)c2F)CC1. The molecule has 0 radical (unpaired) electrons. The van der Waals surface area contributed by atoms with E-state index in [1.165, 1.54) is 6.07 Å². The van der Waals surface area contributed by atoms with Gasteiger partial charge < -0.3 is 4.90 Å². The summed E-state index contributed by atoms with van der Waals surface area (Å²) in [6, 6.07) is 6.89. The zero-order chi connectivity index (χ0) is 13.1. The summed E-state index contributed by atoms with van der Waals surface area (Å²) in [7, 11) is 0. The van der Waals surface area contributed by atoms with Crippen molar-refractivity contribution in [1.82, 2.24) is 4.90 Å². The lowest BCUT2D eigenvalue weighted by molar-refractivity contribution is 0.0702. The normalized spacial score (nSPS) is 16.4. The van der Waals surface area contributed by atoms with Crippen LogP contribution in [0.3, 0.4) is 0 Å². The predicted octanol–water partition coefficient (Wildman–Crippen LogP) is 2.96. The number of rotatable bonds is 1. The van der Waals surface area contributed by atoms with Gasteiger partial charge in [0.2, 0.25) is 0 Å². The highest BCUT2D eigenvalue weighted by molar-refractivity contribution is 9.10. The molecule has 1 aliphatic heterocycles. The van der Waals surface area contributed by atoms with Gasteiger partial charge in [0.05, 0.1) is 16.1 Å². The smallest absolute Gasteiger partial charge is 0.256 e. The molecule has 0 bridgehead atoms. The fourth-order valence-electron chi connectivity index (χ4n) is 2.05. The molecule has 1 amide bonds. The van der Waals surface area contributed by atoms with Gasteiger partial charge in [0.25, 0.3) is 5.91 Å². The van der Waals surface area contributed by atoms with Crippen molar-refractivity contribution in [2.75, 3.05) is 13.1 Å². The highest BCUT2D eigenvalue weighted by Crippen LogP contribution is 2.22. The highest BCUT2D eigenvalue weighted by atomic mass is 79.9. The average molecular weight is 311 g/mol. The molecule has 1 heterocycles. The van der Waals surface area contributed by atoms with Gasteiger partial charge in [-0.1, -0.05) is 6.07 Å². The predicted molar refractivity (Wildman–Crippen MR) is 68.3 cm³/mol. The van der Waals surface area contributed by atoms with Crippen molar-refractivity contribution in [3.63, 3.8) is 0 Å². The second kappa shape index (κ2) is 5.49. The van der Waals surface area contributed by atoms with Gasteiger partial charge in [0.15, 0.2) is 0 Å². The topological polar surface area (TPSA) is 44.1 Å². The number of carbonyl (C=O) groups excluding carboxylic acids is 1. The van der Waals surface area contributed by atoms with E-state index in [0.29, 0.717) is 30.4 Å². The number of hydrogen-bond donors (Lipinski definition) is 0. The molecule has 0 unspecified atom stereocenters. The third kappa shape index (κ3) is 2.54. The van der Waals surface area contributed by atoms with Crippen molar-refractivity contribution in [3.8, 4) is 6.07 Å². The number of benzene rings is 1. The van der Waals surface area contributed by atoms with Crippen molar-refractivity contribution in [1.29, 1.82) is 5.26 Å². The summed E-state index contributed by atoms with van der Waals surface area (Å²) in [5.74, 6) is -0.809. The van der Waals surface area contributed by atoms with Crippen LogP contribution in [0.15, 0.2) is 22.7 Å². The summed E-state index contributed by atoms with van der Waals surface area (Å²) in [4.78, 5) is 13.8. The second-order valence-electron chi connectivity index (χ2n) is 4.30. The minimum Gasteiger partial charge on any atom is -0.338 e. The first kappa shape index (κ1) is 13.0. The molecule has 0 N–H and O–H groups in total. The average Bonchev–Trinajstić information content (AvgIpc) is 2.41. The minimum atomic E-state index is -0.523. The molecule has 1 aliphatic rings. The van der Waals surface area contributed by atoms with E-state index in [1.54, 1.807) is 17.0 Å². The fourth-order valence-corrected chi connectivity index (χ4v) is 2.42. The van der Waals surface area contributed by atoms with E-state index in [0.717, 1.165) is 0 Å². The fraction of sp³-hybridized carbons (Fsp3) is 0.385. The quantitative estimate of drug-likeness (QED) is 0.800. The zero-order valence-electron chi connectivity index (χ0n) is 9.70. The number of hydrogen-bond acceptors (Lipinski definition) is 2. The lowest BCUT2D eigenvalue weighted by Gasteiger charge is -2.29. The van der Waals surface area contributed by atoms with Crippen LogP contribution in [0.1, 0.15) is 23.2 Å². The molecule has 0 aromatic heterocycles. The Labute approximate surface area is 113 Å². The van der Waals surface area contributed by atoms with Crippen molar-refractivity contribution in [2.45, 2.75) is 12.8 Å². The number of nitriles is 1. The largest absolute Gasteiger partial charge is 0.338 e. The van der Waals surface area contributed by atoms with Crippen LogP contribution in [-0.4, -0.2) is 23.9 Å². The number of nitrogens with zero attached hydrogens (tertiary/aromatic N) is 2. The van der Waals surface area contributed by atoms with Crippen molar-refractivity contribution in [2.24, 2.45) is 5.92 Å². The van der Waals surface area contributed by atoms with Gasteiger partial charge in [-0.05, 0) is 40.9 Å². The van der Waals surface area contributed by atoms with Gasteiger partial charge in [0.1, 0.15) is 5.82 Å². The first-order chi connectivity index (χ1) is 8.63. The van der Waals surface area contributed by atoms with Gasteiger partial charge in [-0.3, -0.25) is 4.79 Å². The molecule has 1 fully saturated rings. The van der Waals surface area contributed by atoms with Crippen LogP contribution in [0.4, 0.5) is 4.39 Å². The molecule has 1 saturated heterocycles. The molecular weight excluding hydrogens is 299 g/mol. The molecule has 1 aromatic rings. The first-order valence-electron chi connectivity index (χ1n) is 5.76. The summed E-state index contributed by atoms with van der Waals surface area (Å²) in [5, 5.41) is 8.79. The van der Waals surface area contributed by atoms with E-state index in [1.807, 2.05) is 0 Å². The standard InChI is InChI=1S/C13H12BrFN2O/c14-11-3-1-2-10(12(11)15)13(18)17-6-4-9(8-16)5-7-17/h1-3,9H,4-7H2. The van der Waals surface area contributed by atoms with E-state index >= 15 is 0 Å². The maximum atomic E-state index is 13.8. The van der Waals surface area contributed by atoms with Crippen molar-refractivity contribution in [3.05, 3.63) is 34.1 Å². The van der Waals surface area contributed by atoms with Gasteiger partial charge >= 0.3 is 0 Å². The summed E-state index contributed by atoms with van der Waals surface area (Å²) >= 11 is 3.07. The Morgan fingerprint density at radius 2 is 2.11 bits per heavy atom. The molecule has 18 heavy (non-hydrogen) atoms. The van der Waals surface area contributed by atoms with E-state index in [2.05, 4.69) is 22.0 Å². The lowest BCUT2D eigenvalue weighted by atomic mass is 9.98. The van der Waals surface area contributed by atoms with Gasteiger partial charge in [0, 0.05) is 19.0 Å². The number of carbonyl (C=O) groups is 1. The van der Waals surface area contributed by atoms with E-state index < -0.39 is 5.82 Å². The maximum absolute atomic E-state index is 13.8. The van der Waals surface area contributed by atoms with Crippen molar-refractivity contribution < 1.29 is 9.18 Å². The summed E-state index contributed by atoms with van der Waals surface area (Å²) in [6.07, 6.45) is 1.33. The Balaban J connectivity index is 2.13.